The third-order valence-corrected chi connectivity index (χ3v) is 6.18. The molecule has 108 valence electrons. The van der Waals surface area contributed by atoms with E-state index in [4.69, 9.17) is 22.2 Å². The molecule has 0 radical (unpaired) electrons. The molecule has 3 aromatic heterocycles. The molecule has 5 heteroatoms. The predicted octanol–water partition coefficient (Wildman–Crippen LogP) is 5.92. The van der Waals surface area contributed by atoms with Gasteiger partial charge >= 0.3 is 0 Å². The van der Waals surface area contributed by atoms with Crippen molar-refractivity contribution in [1.82, 2.24) is 9.97 Å². The molecule has 0 N–H and O–H groups in total. The van der Waals surface area contributed by atoms with Crippen molar-refractivity contribution in [3.63, 3.8) is 0 Å². The van der Waals surface area contributed by atoms with Crippen LogP contribution in [0.5, 0.6) is 0 Å². The lowest BCUT2D eigenvalue weighted by atomic mass is 10.1. The van der Waals surface area contributed by atoms with Crippen LogP contribution in [0, 0.1) is 17.7 Å². The molecule has 3 heterocycles. The SMILES string of the molecule is Cc1nc2c(sc3nc(-c4ccccc4)cc(C)c32)c(=S)s1. The Kier molecular flexibility index (Phi) is 3.29. The van der Waals surface area contributed by atoms with E-state index in [-0.39, 0.29) is 0 Å². The molecule has 0 atom stereocenters. The zero-order valence-electron chi connectivity index (χ0n) is 12.1. The topological polar surface area (TPSA) is 25.8 Å². The third-order valence-electron chi connectivity index (χ3n) is 3.60. The molecule has 0 spiro atoms. The zero-order valence-corrected chi connectivity index (χ0v) is 14.5. The van der Waals surface area contributed by atoms with Crippen LogP contribution in [0.3, 0.4) is 0 Å². The first-order chi connectivity index (χ1) is 10.6. The lowest BCUT2D eigenvalue weighted by Crippen LogP contribution is -1.87. The Balaban J connectivity index is 2.10. The quantitative estimate of drug-likeness (QED) is 0.402. The highest BCUT2D eigenvalue weighted by molar-refractivity contribution is 7.74. The van der Waals surface area contributed by atoms with Crippen LogP contribution in [0.15, 0.2) is 36.4 Å². The van der Waals surface area contributed by atoms with Gasteiger partial charge in [-0.25, -0.2) is 9.97 Å². The molecule has 0 aliphatic rings. The van der Waals surface area contributed by atoms with Crippen molar-refractivity contribution >= 4 is 55.3 Å². The molecule has 0 aliphatic carbocycles. The molecule has 0 saturated heterocycles. The van der Waals surface area contributed by atoms with Gasteiger partial charge in [-0.1, -0.05) is 42.5 Å². The molecular formula is C17H12N2S3. The van der Waals surface area contributed by atoms with Gasteiger partial charge in [0.2, 0.25) is 0 Å². The van der Waals surface area contributed by atoms with E-state index in [1.807, 2.05) is 25.1 Å². The Bertz CT molecular complexity index is 1060. The maximum atomic E-state index is 5.51. The lowest BCUT2D eigenvalue weighted by molar-refractivity contribution is 1.33. The number of rotatable bonds is 1. The van der Waals surface area contributed by atoms with E-state index in [1.165, 1.54) is 5.56 Å². The van der Waals surface area contributed by atoms with Crippen molar-refractivity contribution < 1.29 is 0 Å². The zero-order chi connectivity index (χ0) is 15.3. The number of benzene rings is 1. The van der Waals surface area contributed by atoms with Crippen LogP contribution in [0.1, 0.15) is 10.6 Å². The summed E-state index contributed by atoms with van der Waals surface area (Å²) in [5.74, 6) is 0. The summed E-state index contributed by atoms with van der Waals surface area (Å²) >= 11 is 8.74. The summed E-state index contributed by atoms with van der Waals surface area (Å²) < 4.78 is 1.99. The molecule has 22 heavy (non-hydrogen) atoms. The fraction of sp³-hybridized carbons (Fsp3) is 0.118. The molecule has 0 bridgehead atoms. The normalized spacial score (nSPS) is 11.4. The molecule has 2 nitrogen and oxygen atoms in total. The Labute approximate surface area is 141 Å². The van der Waals surface area contributed by atoms with E-state index < -0.39 is 0 Å². The van der Waals surface area contributed by atoms with Crippen LogP contribution in [-0.4, -0.2) is 9.97 Å². The van der Waals surface area contributed by atoms with Gasteiger partial charge in [0.15, 0.2) is 0 Å². The van der Waals surface area contributed by atoms with Gasteiger partial charge < -0.3 is 0 Å². The Morgan fingerprint density at radius 2 is 1.77 bits per heavy atom. The van der Waals surface area contributed by atoms with Crippen molar-refractivity contribution in [2.24, 2.45) is 0 Å². The highest BCUT2D eigenvalue weighted by atomic mass is 32.1. The fourth-order valence-corrected chi connectivity index (χ4v) is 5.08. The third kappa shape index (κ3) is 2.17. The maximum absolute atomic E-state index is 5.51. The maximum Gasteiger partial charge on any atom is 0.127 e. The smallest absolute Gasteiger partial charge is 0.127 e. The summed E-state index contributed by atoms with van der Waals surface area (Å²) in [5, 5.41) is 2.14. The average Bonchev–Trinajstić information content (AvgIpc) is 2.87. The number of aryl methyl sites for hydroxylation is 2. The largest absolute Gasteiger partial charge is 0.241 e. The summed E-state index contributed by atoms with van der Waals surface area (Å²) in [6, 6.07) is 12.4. The second-order valence-electron chi connectivity index (χ2n) is 5.17. The summed E-state index contributed by atoms with van der Waals surface area (Å²) in [7, 11) is 0. The first-order valence-electron chi connectivity index (χ1n) is 6.90. The number of thiophene rings is 1. The van der Waals surface area contributed by atoms with Gasteiger partial charge in [-0.15, -0.1) is 22.7 Å². The Morgan fingerprint density at radius 1 is 1.00 bits per heavy atom. The molecule has 4 rings (SSSR count). The number of pyridine rings is 1. The van der Waals surface area contributed by atoms with Gasteiger partial charge in [0.1, 0.15) is 8.65 Å². The van der Waals surface area contributed by atoms with E-state index in [1.54, 1.807) is 22.7 Å². The van der Waals surface area contributed by atoms with Crippen molar-refractivity contribution in [2.75, 3.05) is 0 Å². The minimum absolute atomic E-state index is 0.908. The second kappa shape index (κ2) is 5.19. The summed E-state index contributed by atoms with van der Waals surface area (Å²) in [5.41, 5.74) is 4.34. The van der Waals surface area contributed by atoms with Gasteiger partial charge in [-0.05, 0) is 25.5 Å². The van der Waals surface area contributed by atoms with Gasteiger partial charge in [0.05, 0.1) is 20.9 Å². The molecule has 0 unspecified atom stereocenters. The van der Waals surface area contributed by atoms with Gasteiger partial charge in [-0.3, -0.25) is 0 Å². The number of fused-ring (bicyclic) bond motifs is 3. The van der Waals surface area contributed by atoms with Gasteiger partial charge in [0, 0.05) is 10.9 Å². The van der Waals surface area contributed by atoms with E-state index in [0.717, 1.165) is 40.5 Å². The minimum atomic E-state index is 0.908. The van der Waals surface area contributed by atoms with Crippen LogP contribution in [0.4, 0.5) is 0 Å². The minimum Gasteiger partial charge on any atom is -0.241 e. The van der Waals surface area contributed by atoms with Crippen molar-refractivity contribution in [2.45, 2.75) is 13.8 Å². The standard InChI is InChI=1S/C17H12N2S3/c1-9-8-12(11-6-4-3-5-7-11)19-16-13(9)14-15(22-16)17(20)21-10(2)18-14/h3-8H,1-2H3. The number of aromatic nitrogens is 2. The predicted molar refractivity (Wildman–Crippen MR) is 98.5 cm³/mol. The first kappa shape index (κ1) is 13.9. The average molecular weight is 340 g/mol. The fourth-order valence-electron chi connectivity index (χ4n) is 2.63. The van der Waals surface area contributed by atoms with Crippen molar-refractivity contribution in [3.8, 4) is 11.3 Å². The first-order valence-corrected chi connectivity index (χ1v) is 8.94. The lowest BCUT2D eigenvalue weighted by Gasteiger charge is -2.03. The van der Waals surface area contributed by atoms with Crippen molar-refractivity contribution in [1.29, 1.82) is 0 Å². The molecule has 4 aromatic rings. The van der Waals surface area contributed by atoms with Crippen molar-refractivity contribution in [3.05, 3.63) is 50.8 Å². The second-order valence-corrected chi connectivity index (χ2v) is 8.04. The molecule has 0 saturated carbocycles. The summed E-state index contributed by atoms with van der Waals surface area (Å²) in [6.07, 6.45) is 0. The van der Waals surface area contributed by atoms with Crippen LogP contribution < -0.4 is 0 Å². The Morgan fingerprint density at radius 3 is 2.55 bits per heavy atom. The number of hydrogen-bond acceptors (Lipinski definition) is 5. The van der Waals surface area contributed by atoms with Crippen LogP contribution in [-0.2, 0) is 0 Å². The summed E-state index contributed by atoms with van der Waals surface area (Å²) in [4.78, 5) is 10.6. The monoisotopic (exact) mass is 340 g/mol. The number of nitrogens with zero attached hydrogens (tertiary/aromatic N) is 2. The molecule has 0 amide bonds. The van der Waals surface area contributed by atoms with Crippen LogP contribution in [0.25, 0.3) is 31.7 Å². The van der Waals surface area contributed by atoms with E-state index in [2.05, 4.69) is 25.1 Å². The van der Waals surface area contributed by atoms with Crippen LogP contribution >= 0.6 is 34.9 Å². The number of hydrogen-bond donors (Lipinski definition) is 0. The summed E-state index contributed by atoms with van der Waals surface area (Å²) in [6.45, 7) is 4.13. The molecule has 0 fully saturated rings. The van der Waals surface area contributed by atoms with Gasteiger partial charge in [-0.2, -0.15) is 0 Å². The Hall–Kier alpha value is -1.69. The molecular weight excluding hydrogens is 328 g/mol. The highest BCUT2D eigenvalue weighted by Crippen LogP contribution is 2.37. The highest BCUT2D eigenvalue weighted by Gasteiger charge is 2.14. The van der Waals surface area contributed by atoms with Gasteiger partial charge in [0.25, 0.3) is 0 Å². The molecule has 1 aromatic carbocycles. The van der Waals surface area contributed by atoms with E-state index >= 15 is 0 Å². The van der Waals surface area contributed by atoms with E-state index in [0.29, 0.717) is 0 Å². The van der Waals surface area contributed by atoms with E-state index in [9.17, 15) is 0 Å². The van der Waals surface area contributed by atoms with Crippen LogP contribution in [0.2, 0.25) is 0 Å². The molecule has 0 aliphatic heterocycles.